The van der Waals surface area contributed by atoms with Gasteiger partial charge in [0.05, 0.1) is 13.2 Å². The fourth-order valence-corrected chi connectivity index (χ4v) is 0.588. The number of amides is 1. The first kappa shape index (κ1) is 11.0. The van der Waals surface area contributed by atoms with Gasteiger partial charge >= 0.3 is 0 Å². The van der Waals surface area contributed by atoms with Crippen LogP contribution in [0.1, 0.15) is 0 Å². The number of nitrogens with zero attached hydrogens (tertiary/aromatic N) is 1. The first-order valence-electron chi connectivity index (χ1n) is 3.62. The van der Waals surface area contributed by atoms with E-state index in [1.165, 1.54) is 0 Å². The Morgan fingerprint density at radius 2 is 2.33 bits per heavy atom. The van der Waals surface area contributed by atoms with Crippen molar-refractivity contribution in [2.45, 2.75) is 0 Å². The molecule has 0 saturated heterocycles. The maximum absolute atomic E-state index is 10.2. The van der Waals surface area contributed by atoms with Crippen LogP contribution in [0.5, 0.6) is 0 Å². The summed E-state index contributed by atoms with van der Waals surface area (Å²) in [5.74, 6) is 4.31. The van der Waals surface area contributed by atoms with Crippen LogP contribution >= 0.6 is 0 Å². The number of carbonyl (C=O) groups excluding carboxylic acids is 1. The molecule has 12 heavy (non-hydrogen) atoms. The molecule has 0 rings (SSSR count). The number of primary amides is 1. The predicted octanol–water partition coefficient (Wildman–Crippen LogP) is -0.947. The molecule has 0 fully saturated rings. The van der Waals surface area contributed by atoms with Gasteiger partial charge in [0.2, 0.25) is 0 Å². The SMILES string of the molecule is COCCN(C)CC#CC(N)=O. The summed E-state index contributed by atoms with van der Waals surface area (Å²) in [5, 5.41) is 0. The second-order valence-electron chi connectivity index (χ2n) is 2.40. The third-order valence-corrected chi connectivity index (χ3v) is 1.24. The van der Waals surface area contributed by atoms with Gasteiger partial charge in [0.15, 0.2) is 0 Å². The Hall–Kier alpha value is -1.05. The Bertz CT molecular complexity index is 193. The summed E-state index contributed by atoms with van der Waals surface area (Å²) in [4.78, 5) is 12.1. The Kier molecular flexibility index (Phi) is 6.07. The molecule has 0 saturated carbocycles. The molecule has 0 spiro atoms. The minimum absolute atomic E-state index is 0.534. The van der Waals surface area contributed by atoms with Crippen LogP contribution < -0.4 is 5.73 Å². The van der Waals surface area contributed by atoms with Crippen molar-refractivity contribution in [3.63, 3.8) is 0 Å². The monoisotopic (exact) mass is 170 g/mol. The highest BCUT2D eigenvalue weighted by atomic mass is 16.5. The summed E-state index contributed by atoms with van der Waals surface area (Å²) in [7, 11) is 3.54. The van der Waals surface area contributed by atoms with Crippen molar-refractivity contribution in [1.82, 2.24) is 4.90 Å². The standard InChI is InChI=1S/C8H14N2O2/c1-10(6-7-12-2)5-3-4-8(9)11/h5-7H2,1-2H3,(H2,9,11). The molecule has 0 heterocycles. The number of methoxy groups -OCH3 is 1. The second kappa shape index (κ2) is 6.65. The van der Waals surface area contributed by atoms with Crippen LogP contribution in [0.15, 0.2) is 0 Å². The molecule has 2 N–H and O–H groups in total. The molecule has 4 heteroatoms. The van der Waals surface area contributed by atoms with E-state index in [-0.39, 0.29) is 0 Å². The normalized spacial score (nSPS) is 9.25. The lowest BCUT2D eigenvalue weighted by atomic mass is 10.5. The van der Waals surface area contributed by atoms with Gasteiger partial charge in [-0.15, -0.1) is 0 Å². The van der Waals surface area contributed by atoms with Gasteiger partial charge in [-0.3, -0.25) is 9.69 Å². The first-order valence-corrected chi connectivity index (χ1v) is 3.62. The Morgan fingerprint density at radius 3 is 2.83 bits per heavy atom. The van der Waals surface area contributed by atoms with E-state index in [0.29, 0.717) is 13.2 Å². The summed E-state index contributed by atoms with van der Waals surface area (Å²) in [6, 6.07) is 0. The van der Waals surface area contributed by atoms with Crippen molar-refractivity contribution in [2.75, 3.05) is 33.9 Å². The number of nitrogens with two attached hydrogens (primary N) is 1. The average molecular weight is 170 g/mol. The molecule has 1 amide bonds. The lowest BCUT2D eigenvalue weighted by Gasteiger charge is -2.11. The molecular formula is C8H14N2O2. The highest BCUT2D eigenvalue weighted by Gasteiger charge is 1.93. The lowest BCUT2D eigenvalue weighted by molar-refractivity contribution is -0.112. The van der Waals surface area contributed by atoms with Gasteiger partial charge in [0.1, 0.15) is 0 Å². The first-order chi connectivity index (χ1) is 5.66. The van der Waals surface area contributed by atoms with Gasteiger partial charge in [-0.05, 0) is 13.0 Å². The van der Waals surface area contributed by atoms with E-state index in [1.807, 2.05) is 11.9 Å². The van der Waals surface area contributed by atoms with Gasteiger partial charge in [0.25, 0.3) is 5.91 Å². The van der Waals surface area contributed by atoms with Crippen LogP contribution in [0.4, 0.5) is 0 Å². The van der Waals surface area contributed by atoms with Gasteiger partial charge < -0.3 is 10.5 Å². The van der Waals surface area contributed by atoms with E-state index < -0.39 is 5.91 Å². The topological polar surface area (TPSA) is 55.6 Å². The third kappa shape index (κ3) is 7.06. The van der Waals surface area contributed by atoms with Gasteiger partial charge in [0, 0.05) is 13.7 Å². The van der Waals surface area contributed by atoms with Crippen LogP contribution in [-0.2, 0) is 9.53 Å². The molecule has 4 nitrogen and oxygen atoms in total. The minimum Gasteiger partial charge on any atom is -0.383 e. The van der Waals surface area contributed by atoms with Gasteiger partial charge in [-0.2, -0.15) is 0 Å². The number of likely N-dealkylation sites (N-methyl/N-ethyl adjacent to an activating group) is 1. The summed E-state index contributed by atoms with van der Waals surface area (Å²) in [6.07, 6.45) is 0. The zero-order valence-electron chi connectivity index (χ0n) is 7.46. The summed E-state index contributed by atoms with van der Waals surface area (Å²) in [5.41, 5.74) is 4.82. The van der Waals surface area contributed by atoms with E-state index in [1.54, 1.807) is 7.11 Å². The Morgan fingerprint density at radius 1 is 1.67 bits per heavy atom. The van der Waals surface area contributed by atoms with Crippen LogP contribution in [-0.4, -0.2) is 44.7 Å². The number of hydrogen-bond donors (Lipinski definition) is 1. The maximum Gasteiger partial charge on any atom is 0.293 e. The number of ether oxygens (including phenoxy) is 1. The van der Waals surface area contributed by atoms with Crippen LogP contribution in [0.25, 0.3) is 0 Å². The molecule has 0 radical (unpaired) electrons. The van der Waals surface area contributed by atoms with Crippen LogP contribution in [0.3, 0.4) is 0 Å². The Balaban J connectivity index is 3.51. The molecule has 0 aliphatic rings. The van der Waals surface area contributed by atoms with Crippen LogP contribution in [0.2, 0.25) is 0 Å². The summed E-state index contributed by atoms with van der Waals surface area (Å²) in [6.45, 7) is 1.99. The average Bonchev–Trinajstić information content (AvgIpc) is 2.00. The van der Waals surface area contributed by atoms with Gasteiger partial charge in [-0.1, -0.05) is 5.92 Å². The van der Waals surface area contributed by atoms with Crippen molar-refractivity contribution in [1.29, 1.82) is 0 Å². The van der Waals surface area contributed by atoms with Gasteiger partial charge in [-0.25, -0.2) is 0 Å². The summed E-state index contributed by atoms with van der Waals surface area (Å²) < 4.78 is 4.86. The van der Waals surface area contributed by atoms with Crippen molar-refractivity contribution in [2.24, 2.45) is 5.73 Å². The highest BCUT2D eigenvalue weighted by molar-refractivity contribution is 5.91. The third-order valence-electron chi connectivity index (χ3n) is 1.24. The zero-order valence-corrected chi connectivity index (χ0v) is 7.46. The van der Waals surface area contributed by atoms with Crippen LogP contribution in [0, 0.1) is 11.8 Å². The molecule has 68 valence electrons. The second-order valence-corrected chi connectivity index (χ2v) is 2.40. The Labute approximate surface area is 72.7 Å². The molecular weight excluding hydrogens is 156 g/mol. The largest absolute Gasteiger partial charge is 0.383 e. The van der Waals surface area contributed by atoms with E-state index >= 15 is 0 Å². The number of rotatable bonds is 4. The number of carbonyl (C=O) groups is 1. The fourth-order valence-electron chi connectivity index (χ4n) is 0.588. The van der Waals surface area contributed by atoms with Crippen molar-refractivity contribution in [3.05, 3.63) is 0 Å². The van der Waals surface area contributed by atoms with Crippen molar-refractivity contribution >= 4 is 5.91 Å². The molecule has 0 atom stereocenters. The highest BCUT2D eigenvalue weighted by Crippen LogP contribution is 1.79. The van der Waals surface area contributed by atoms with E-state index in [2.05, 4.69) is 11.8 Å². The molecule has 0 aromatic carbocycles. The smallest absolute Gasteiger partial charge is 0.293 e. The molecule has 0 aliphatic heterocycles. The molecule has 0 aliphatic carbocycles. The molecule has 0 aromatic heterocycles. The minimum atomic E-state index is -0.588. The lowest BCUT2D eigenvalue weighted by Crippen LogP contribution is -2.23. The van der Waals surface area contributed by atoms with E-state index in [4.69, 9.17) is 10.5 Å². The molecule has 0 bridgehead atoms. The molecule has 0 unspecified atom stereocenters. The fraction of sp³-hybridized carbons (Fsp3) is 0.625. The predicted molar refractivity (Wildman–Crippen MR) is 46.3 cm³/mol. The number of hydrogen-bond acceptors (Lipinski definition) is 3. The van der Waals surface area contributed by atoms with Crippen molar-refractivity contribution in [3.8, 4) is 11.8 Å². The zero-order chi connectivity index (χ0) is 9.40. The summed E-state index contributed by atoms with van der Waals surface area (Å²) >= 11 is 0. The van der Waals surface area contributed by atoms with E-state index in [9.17, 15) is 4.79 Å². The molecule has 0 aromatic rings. The van der Waals surface area contributed by atoms with E-state index in [0.717, 1.165) is 6.54 Å². The quantitative estimate of drug-likeness (QED) is 0.554. The maximum atomic E-state index is 10.2. The van der Waals surface area contributed by atoms with Crippen molar-refractivity contribution < 1.29 is 9.53 Å².